The zero-order valence-electron chi connectivity index (χ0n) is 13.3. The summed E-state index contributed by atoms with van der Waals surface area (Å²) >= 11 is 5.39. The monoisotopic (exact) mass is 338 g/mol. The van der Waals surface area contributed by atoms with Crippen molar-refractivity contribution in [3.05, 3.63) is 72.6 Å². The van der Waals surface area contributed by atoms with Gasteiger partial charge < -0.3 is 15.4 Å². The van der Waals surface area contributed by atoms with E-state index < -0.39 is 0 Å². The third-order valence-corrected chi connectivity index (χ3v) is 3.65. The van der Waals surface area contributed by atoms with Crippen molar-refractivity contribution in [1.29, 1.82) is 0 Å². The third-order valence-electron chi connectivity index (χ3n) is 3.44. The first kappa shape index (κ1) is 16.0. The minimum atomic E-state index is 0.510. The summed E-state index contributed by atoms with van der Waals surface area (Å²) in [4.78, 5) is 0. The van der Waals surface area contributed by atoms with Crippen LogP contribution in [0.4, 0.5) is 11.4 Å². The molecule has 0 aliphatic heterocycles. The lowest BCUT2D eigenvalue weighted by Gasteiger charge is -2.14. The molecule has 0 saturated carbocycles. The normalized spacial score (nSPS) is 10.2. The Bertz CT molecular complexity index is 817. The molecule has 0 unspecified atom stereocenters. The number of hydrogen-bond donors (Lipinski definition) is 2. The van der Waals surface area contributed by atoms with Crippen LogP contribution in [0.25, 0.3) is 0 Å². The highest BCUT2D eigenvalue weighted by Crippen LogP contribution is 2.23. The molecule has 2 aromatic carbocycles. The molecule has 0 amide bonds. The third kappa shape index (κ3) is 4.11. The van der Waals surface area contributed by atoms with Crippen LogP contribution < -0.4 is 15.4 Å². The number of benzene rings is 2. The predicted molar refractivity (Wildman–Crippen MR) is 101 cm³/mol. The van der Waals surface area contributed by atoms with E-state index in [1.807, 2.05) is 53.3 Å². The highest BCUT2D eigenvalue weighted by Gasteiger charge is 2.05. The maximum Gasteiger partial charge on any atom is 0.175 e. The highest BCUT2D eigenvalue weighted by molar-refractivity contribution is 7.80. The number of thiocarbonyl (C=S) groups is 1. The minimum absolute atomic E-state index is 0.510. The number of anilines is 2. The van der Waals surface area contributed by atoms with Gasteiger partial charge in [-0.2, -0.15) is 5.10 Å². The minimum Gasteiger partial charge on any atom is -0.495 e. The first-order valence-corrected chi connectivity index (χ1v) is 7.93. The maximum atomic E-state index is 5.39. The second kappa shape index (κ2) is 7.61. The van der Waals surface area contributed by atoms with Gasteiger partial charge in [-0.25, -0.2) is 0 Å². The van der Waals surface area contributed by atoms with Crippen molar-refractivity contribution in [3.8, 4) is 5.75 Å². The largest absolute Gasteiger partial charge is 0.495 e. The van der Waals surface area contributed by atoms with Crippen molar-refractivity contribution in [1.82, 2.24) is 9.78 Å². The van der Waals surface area contributed by atoms with E-state index >= 15 is 0 Å². The van der Waals surface area contributed by atoms with Crippen LogP contribution in [0, 0.1) is 0 Å². The van der Waals surface area contributed by atoms with Crippen LogP contribution in [-0.4, -0.2) is 22.0 Å². The Morgan fingerprint density at radius 2 is 2.00 bits per heavy atom. The quantitative estimate of drug-likeness (QED) is 0.694. The molecule has 0 aliphatic rings. The first-order valence-electron chi connectivity index (χ1n) is 7.52. The van der Waals surface area contributed by atoms with Gasteiger partial charge in [-0.1, -0.05) is 24.3 Å². The van der Waals surface area contributed by atoms with Crippen molar-refractivity contribution >= 4 is 28.7 Å². The van der Waals surface area contributed by atoms with Crippen molar-refractivity contribution in [2.45, 2.75) is 6.54 Å². The van der Waals surface area contributed by atoms with Gasteiger partial charge in [0, 0.05) is 18.1 Å². The number of para-hydroxylation sites is 2. The number of hydrogen-bond acceptors (Lipinski definition) is 3. The Hall–Kier alpha value is -2.86. The van der Waals surface area contributed by atoms with Gasteiger partial charge in [-0.15, -0.1) is 0 Å². The number of ether oxygens (including phenoxy) is 1. The molecule has 0 radical (unpaired) electrons. The Balaban J connectivity index is 1.66. The molecule has 3 rings (SSSR count). The first-order chi connectivity index (χ1) is 11.7. The molecule has 0 bridgehead atoms. The van der Waals surface area contributed by atoms with E-state index in [0.29, 0.717) is 5.11 Å². The van der Waals surface area contributed by atoms with Gasteiger partial charge in [-0.3, -0.25) is 4.68 Å². The number of aromatic nitrogens is 2. The summed E-state index contributed by atoms with van der Waals surface area (Å²) in [6.45, 7) is 0.717. The lowest BCUT2D eigenvalue weighted by molar-refractivity contribution is 0.417. The second-order valence-electron chi connectivity index (χ2n) is 5.18. The predicted octanol–water partition coefficient (Wildman–Crippen LogP) is 3.75. The molecule has 0 fully saturated rings. The van der Waals surface area contributed by atoms with Crippen molar-refractivity contribution in [2.24, 2.45) is 0 Å². The number of methoxy groups -OCH3 is 1. The van der Waals surface area contributed by atoms with Gasteiger partial charge in [0.05, 0.1) is 19.3 Å². The number of nitrogens with zero attached hydrogens (tertiary/aromatic N) is 2. The van der Waals surface area contributed by atoms with E-state index in [0.717, 1.165) is 29.2 Å². The molecule has 0 atom stereocenters. The molecule has 24 heavy (non-hydrogen) atoms. The summed E-state index contributed by atoms with van der Waals surface area (Å²) in [5, 5.41) is 11.1. The molecule has 6 heteroatoms. The molecule has 2 N–H and O–H groups in total. The van der Waals surface area contributed by atoms with Crippen LogP contribution in [-0.2, 0) is 6.54 Å². The average molecular weight is 338 g/mol. The zero-order valence-corrected chi connectivity index (χ0v) is 14.1. The van der Waals surface area contributed by atoms with E-state index in [9.17, 15) is 0 Å². The van der Waals surface area contributed by atoms with Crippen LogP contribution in [0.3, 0.4) is 0 Å². The van der Waals surface area contributed by atoms with Gasteiger partial charge in [0.25, 0.3) is 0 Å². The SMILES string of the molecule is COc1ccccc1NC(=S)Nc1cccc(Cn2cccn2)c1. The smallest absolute Gasteiger partial charge is 0.175 e. The topological polar surface area (TPSA) is 51.1 Å². The molecule has 122 valence electrons. The summed E-state index contributed by atoms with van der Waals surface area (Å²) in [5.74, 6) is 0.745. The standard InChI is InChI=1S/C18H18N4OS/c1-23-17-9-3-2-8-16(17)21-18(24)20-15-7-4-6-14(12-15)13-22-11-5-10-19-22/h2-12H,13H2,1H3,(H2,20,21,24). The van der Waals surface area contributed by atoms with Crippen LogP contribution in [0.1, 0.15) is 5.56 Å². The molecule has 0 aliphatic carbocycles. The van der Waals surface area contributed by atoms with Gasteiger partial charge in [0.1, 0.15) is 5.75 Å². The summed E-state index contributed by atoms with van der Waals surface area (Å²) in [7, 11) is 1.63. The van der Waals surface area contributed by atoms with E-state index in [1.165, 1.54) is 0 Å². The Labute approximate surface area is 146 Å². The van der Waals surface area contributed by atoms with Crippen LogP contribution in [0.15, 0.2) is 67.0 Å². The molecular weight excluding hydrogens is 320 g/mol. The molecule has 5 nitrogen and oxygen atoms in total. The summed E-state index contributed by atoms with van der Waals surface area (Å²) in [6.07, 6.45) is 3.71. The van der Waals surface area contributed by atoms with E-state index in [4.69, 9.17) is 17.0 Å². The Morgan fingerprint density at radius 3 is 2.79 bits per heavy atom. The van der Waals surface area contributed by atoms with Crippen molar-refractivity contribution in [2.75, 3.05) is 17.7 Å². The zero-order chi connectivity index (χ0) is 16.8. The van der Waals surface area contributed by atoms with Gasteiger partial charge in [-0.05, 0) is 48.1 Å². The van der Waals surface area contributed by atoms with E-state index in [2.05, 4.69) is 27.9 Å². The fourth-order valence-electron chi connectivity index (χ4n) is 2.36. The Morgan fingerprint density at radius 1 is 1.12 bits per heavy atom. The maximum absolute atomic E-state index is 5.39. The van der Waals surface area contributed by atoms with Gasteiger partial charge in [0.2, 0.25) is 0 Å². The van der Waals surface area contributed by atoms with Gasteiger partial charge >= 0.3 is 0 Å². The summed E-state index contributed by atoms with van der Waals surface area (Å²) in [5.41, 5.74) is 2.89. The van der Waals surface area contributed by atoms with E-state index in [1.54, 1.807) is 13.3 Å². The van der Waals surface area contributed by atoms with Gasteiger partial charge in [0.15, 0.2) is 5.11 Å². The lowest BCUT2D eigenvalue weighted by atomic mass is 10.2. The fraction of sp³-hybridized carbons (Fsp3) is 0.111. The number of rotatable bonds is 5. The summed E-state index contributed by atoms with van der Waals surface area (Å²) < 4.78 is 7.19. The fourth-order valence-corrected chi connectivity index (χ4v) is 2.59. The second-order valence-corrected chi connectivity index (χ2v) is 5.59. The Kier molecular flexibility index (Phi) is 5.08. The summed E-state index contributed by atoms with van der Waals surface area (Å²) in [6, 6.07) is 17.6. The van der Waals surface area contributed by atoms with Crippen LogP contribution >= 0.6 is 12.2 Å². The molecule has 1 heterocycles. The van der Waals surface area contributed by atoms with Crippen molar-refractivity contribution < 1.29 is 4.74 Å². The van der Waals surface area contributed by atoms with Crippen LogP contribution in [0.5, 0.6) is 5.75 Å². The lowest BCUT2D eigenvalue weighted by Crippen LogP contribution is -2.19. The number of nitrogens with one attached hydrogen (secondary N) is 2. The average Bonchev–Trinajstić information content (AvgIpc) is 3.08. The van der Waals surface area contributed by atoms with Crippen molar-refractivity contribution in [3.63, 3.8) is 0 Å². The van der Waals surface area contributed by atoms with Crippen LogP contribution in [0.2, 0.25) is 0 Å². The highest BCUT2D eigenvalue weighted by atomic mass is 32.1. The molecule has 3 aromatic rings. The van der Waals surface area contributed by atoms with E-state index in [-0.39, 0.29) is 0 Å². The molecule has 1 aromatic heterocycles. The molecule has 0 saturated heterocycles. The molecule has 0 spiro atoms. The molecular formula is C18H18N4OS.